The van der Waals surface area contributed by atoms with Crippen molar-refractivity contribution >= 4 is 45.9 Å². The van der Waals surface area contributed by atoms with E-state index in [2.05, 4.69) is 61.1 Å². The molecule has 0 radical (unpaired) electrons. The van der Waals surface area contributed by atoms with Crippen LogP contribution in [0.4, 0.5) is 11.4 Å². The number of fused-ring (bicyclic) bond motifs is 1. The van der Waals surface area contributed by atoms with E-state index < -0.39 is 0 Å². The monoisotopic (exact) mass is 461 g/mol. The van der Waals surface area contributed by atoms with Crippen LogP contribution in [0.1, 0.15) is 50.8 Å². The third-order valence-corrected chi connectivity index (χ3v) is 6.86. The Morgan fingerprint density at radius 2 is 2.00 bits per heavy atom. The van der Waals surface area contributed by atoms with Crippen LogP contribution in [0.15, 0.2) is 52.4 Å². The number of hydrogen-bond donors (Lipinski definition) is 1. The highest BCUT2D eigenvalue weighted by Crippen LogP contribution is 2.43. The van der Waals surface area contributed by atoms with Crippen LogP contribution in [-0.4, -0.2) is 30.3 Å². The number of anilines is 1. The van der Waals surface area contributed by atoms with Gasteiger partial charge in [0, 0.05) is 29.4 Å². The van der Waals surface area contributed by atoms with E-state index in [-0.39, 0.29) is 11.4 Å². The second kappa shape index (κ2) is 9.10. The minimum atomic E-state index is -0.146. The Bertz CT molecular complexity index is 1190. The Labute approximate surface area is 200 Å². The molecule has 1 saturated heterocycles. The molecule has 0 spiro atoms. The molecule has 0 aliphatic carbocycles. The smallest absolute Gasteiger partial charge is 0.264 e. The number of hydrogen-bond acceptors (Lipinski definition) is 5. The Kier molecular flexibility index (Phi) is 6.39. The maximum Gasteiger partial charge on any atom is 0.264 e. The lowest BCUT2D eigenvalue weighted by atomic mass is 9.87. The van der Waals surface area contributed by atoms with Crippen molar-refractivity contribution in [1.29, 1.82) is 0 Å². The summed E-state index contributed by atoms with van der Waals surface area (Å²) in [6.07, 6.45) is 5.27. The Hall–Kier alpha value is -2.99. The molecule has 1 N–H and O–H groups in total. The van der Waals surface area contributed by atoms with Gasteiger partial charge in [-0.05, 0) is 81.3 Å². The van der Waals surface area contributed by atoms with Crippen LogP contribution in [0.25, 0.3) is 11.6 Å². The number of rotatable bonds is 5. The molecule has 33 heavy (non-hydrogen) atoms. The van der Waals surface area contributed by atoms with Gasteiger partial charge in [-0.3, -0.25) is 4.79 Å². The molecule has 2 aliphatic heterocycles. The molecule has 2 aromatic carbocycles. The SMILES string of the molecule is CCCN1c2cc(OC)c(/C=C3/SC(=Nc4cccc(C)c4)NC3=O)cc2C(C)=CC1(C)C. The molecule has 0 unspecified atom stereocenters. The molecule has 6 heteroatoms. The van der Waals surface area contributed by atoms with Gasteiger partial charge in [-0.25, -0.2) is 4.99 Å². The Morgan fingerprint density at radius 3 is 2.70 bits per heavy atom. The maximum atomic E-state index is 12.7. The van der Waals surface area contributed by atoms with Crippen molar-refractivity contribution in [3.05, 3.63) is 64.1 Å². The number of methoxy groups -OCH3 is 1. The van der Waals surface area contributed by atoms with Gasteiger partial charge in [-0.15, -0.1) is 0 Å². The highest BCUT2D eigenvalue weighted by atomic mass is 32.2. The number of benzene rings is 2. The molecule has 172 valence electrons. The zero-order chi connectivity index (χ0) is 23.8. The molecule has 0 bridgehead atoms. The zero-order valence-electron chi connectivity index (χ0n) is 20.2. The highest BCUT2D eigenvalue weighted by Gasteiger charge is 2.32. The van der Waals surface area contributed by atoms with Crippen LogP contribution in [0.2, 0.25) is 0 Å². The fraction of sp³-hybridized carbons (Fsp3) is 0.333. The molecular weight excluding hydrogens is 430 g/mol. The second-order valence-electron chi connectivity index (χ2n) is 9.06. The third kappa shape index (κ3) is 4.71. The van der Waals surface area contributed by atoms with Gasteiger partial charge in [0.2, 0.25) is 0 Å². The minimum absolute atomic E-state index is 0.0690. The predicted octanol–water partition coefficient (Wildman–Crippen LogP) is 6.31. The molecule has 2 heterocycles. The van der Waals surface area contributed by atoms with Gasteiger partial charge >= 0.3 is 0 Å². The van der Waals surface area contributed by atoms with Gasteiger partial charge in [-0.2, -0.15) is 0 Å². The lowest BCUT2D eigenvalue weighted by Crippen LogP contribution is -2.45. The van der Waals surface area contributed by atoms with E-state index in [9.17, 15) is 4.79 Å². The molecule has 1 amide bonds. The van der Waals surface area contributed by atoms with Crippen molar-refractivity contribution in [2.24, 2.45) is 4.99 Å². The summed E-state index contributed by atoms with van der Waals surface area (Å²) in [7, 11) is 1.68. The van der Waals surface area contributed by atoms with Crippen molar-refractivity contribution in [2.75, 3.05) is 18.6 Å². The number of aliphatic imine (C=N–C) groups is 1. The van der Waals surface area contributed by atoms with Crippen molar-refractivity contribution < 1.29 is 9.53 Å². The van der Waals surface area contributed by atoms with Crippen LogP contribution in [0, 0.1) is 6.92 Å². The number of aryl methyl sites for hydroxylation is 1. The van der Waals surface area contributed by atoms with E-state index in [1.54, 1.807) is 7.11 Å². The first-order valence-corrected chi connectivity index (χ1v) is 12.1. The van der Waals surface area contributed by atoms with Crippen molar-refractivity contribution in [3.8, 4) is 5.75 Å². The number of amidine groups is 1. The third-order valence-electron chi connectivity index (χ3n) is 5.95. The number of nitrogens with zero attached hydrogens (tertiary/aromatic N) is 2. The molecule has 4 rings (SSSR count). The summed E-state index contributed by atoms with van der Waals surface area (Å²) in [5.41, 5.74) is 6.35. The summed E-state index contributed by atoms with van der Waals surface area (Å²) in [4.78, 5) is 20.3. The molecule has 0 saturated carbocycles. The predicted molar refractivity (Wildman–Crippen MR) is 140 cm³/mol. The normalized spacial score (nSPS) is 19.5. The quantitative estimate of drug-likeness (QED) is 0.530. The molecule has 1 fully saturated rings. The molecule has 0 aromatic heterocycles. The maximum absolute atomic E-state index is 12.7. The number of ether oxygens (including phenoxy) is 1. The average molecular weight is 462 g/mol. The first-order valence-electron chi connectivity index (χ1n) is 11.3. The van der Waals surface area contributed by atoms with Crippen LogP contribution in [0.3, 0.4) is 0 Å². The number of allylic oxidation sites excluding steroid dienone is 1. The van der Waals surface area contributed by atoms with Gasteiger partial charge in [0.05, 0.1) is 23.2 Å². The number of carbonyl (C=O) groups is 1. The van der Waals surface area contributed by atoms with E-state index in [4.69, 9.17) is 4.74 Å². The second-order valence-corrected chi connectivity index (χ2v) is 10.1. The van der Waals surface area contributed by atoms with Gasteiger partial charge in [0.1, 0.15) is 5.75 Å². The van der Waals surface area contributed by atoms with Crippen molar-refractivity contribution in [3.63, 3.8) is 0 Å². The largest absolute Gasteiger partial charge is 0.496 e. The summed E-state index contributed by atoms with van der Waals surface area (Å²) in [5.74, 6) is 0.609. The molecule has 5 nitrogen and oxygen atoms in total. The average Bonchev–Trinajstić information content (AvgIpc) is 3.09. The van der Waals surface area contributed by atoms with E-state index in [0.717, 1.165) is 35.5 Å². The molecule has 0 atom stereocenters. The van der Waals surface area contributed by atoms with Gasteiger partial charge in [-0.1, -0.05) is 25.1 Å². The summed E-state index contributed by atoms with van der Waals surface area (Å²) in [6.45, 7) is 11.8. The van der Waals surface area contributed by atoms with Crippen LogP contribution >= 0.6 is 11.8 Å². The van der Waals surface area contributed by atoms with Crippen molar-refractivity contribution in [2.45, 2.75) is 46.6 Å². The Balaban J connectivity index is 1.71. The summed E-state index contributed by atoms with van der Waals surface area (Å²) in [5, 5.41) is 3.46. The van der Waals surface area contributed by atoms with Gasteiger partial charge < -0.3 is 15.0 Å². The van der Waals surface area contributed by atoms with Crippen LogP contribution in [-0.2, 0) is 4.79 Å². The number of thioether (sulfide) groups is 1. The summed E-state index contributed by atoms with van der Waals surface area (Å²) >= 11 is 1.35. The number of nitrogens with one attached hydrogen (secondary N) is 1. The summed E-state index contributed by atoms with van der Waals surface area (Å²) in [6, 6.07) is 12.1. The summed E-state index contributed by atoms with van der Waals surface area (Å²) < 4.78 is 5.76. The van der Waals surface area contributed by atoms with Crippen LogP contribution < -0.4 is 15.0 Å². The zero-order valence-corrected chi connectivity index (χ0v) is 21.0. The topological polar surface area (TPSA) is 53.9 Å². The fourth-order valence-electron chi connectivity index (χ4n) is 4.48. The molecule has 2 aromatic rings. The van der Waals surface area contributed by atoms with E-state index in [1.165, 1.54) is 28.6 Å². The number of carbonyl (C=O) groups excluding carboxylic acids is 1. The first-order chi connectivity index (χ1) is 15.7. The van der Waals surface area contributed by atoms with E-state index >= 15 is 0 Å². The fourth-order valence-corrected chi connectivity index (χ4v) is 5.31. The molecular formula is C27H31N3O2S. The Morgan fingerprint density at radius 1 is 1.21 bits per heavy atom. The van der Waals surface area contributed by atoms with Gasteiger partial charge in [0.15, 0.2) is 5.17 Å². The van der Waals surface area contributed by atoms with Gasteiger partial charge in [0.25, 0.3) is 5.91 Å². The first kappa shape index (κ1) is 23.2. The van der Waals surface area contributed by atoms with Crippen LogP contribution in [0.5, 0.6) is 5.75 Å². The lowest BCUT2D eigenvalue weighted by molar-refractivity contribution is -0.115. The van der Waals surface area contributed by atoms with E-state index in [0.29, 0.717) is 10.1 Å². The van der Waals surface area contributed by atoms with E-state index in [1.807, 2.05) is 37.3 Å². The van der Waals surface area contributed by atoms with Crippen molar-refractivity contribution in [1.82, 2.24) is 5.32 Å². The highest BCUT2D eigenvalue weighted by molar-refractivity contribution is 8.18. The lowest BCUT2D eigenvalue weighted by Gasteiger charge is -2.43. The molecule has 2 aliphatic rings. The number of amides is 1. The minimum Gasteiger partial charge on any atom is -0.496 e. The standard InChI is InChI=1S/C27H31N3O2S/c1-7-11-30-22-15-23(32-6)19(13-21(22)18(3)16-27(30,4)5)14-24-25(31)29-26(33-24)28-20-10-8-9-17(2)12-20/h8-10,12-16H,7,11H2,1-6H3,(H,28,29,31)/b24-14+.